The Balaban J connectivity index is 1.96. The number of likely N-dealkylation sites (N-methyl/N-ethyl adjacent to an activating group) is 1. The van der Waals surface area contributed by atoms with E-state index >= 15 is 0 Å². The van der Waals surface area contributed by atoms with Crippen molar-refractivity contribution in [2.75, 3.05) is 23.8 Å². The lowest BCUT2D eigenvalue weighted by molar-refractivity contribution is -0.142. The molecule has 0 radical (unpaired) electrons. The minimum atomic E-state index is -0.984. The fourth-order valence-electron chi connectivity index (χ4n) is 3.74. The summed E-state index contributed by atoms with van der Waals surface area (Å²) in [5.74, 6) is -1.38. The van der Waals surface area contributed by atoms with Gasteiger partial charge in [0.05, 0.1) is 17.9 Å². The van der Waals surface area contributed by atoms with Crippen LogP contribution in [0.1, 0.15) is 32.6 Å². The zero-order valence-electron chi connectivity index (χ0n) is 14.5. The topological polar surface area (TPSA) is 89.9 Å². The van der Waals surface area contributed by atoms with E-state index in [1.54, 1.807) is 18.0 Å². The highest BCUT2D eigenvalue weighted by molar-refractivity contribution is 6.15. The Morgan fingerprint density at radius 3 is 2.60 bits per heavy atom. The molecule has 7 heteroatoms. The molecule has 1 aliphatic carbocycles. The summed E-state index contributed by atoms with van der Waals surface area (Å²) in [4.78, 5) is 40.2. The van der Waals surface area contributed by atoms with E-state index in [9.17, 15) is 14.4 Å². The summed E-state index contributed by atoms with van der Waals surface area (Å²) in [5, 5.41) is 12.1. The molecule has 1 spiro atoms. The lowest BCUT2D eigenvalue weighted by Crippen LogP contribution is -2.62. The van der Waals surface area contributed by atoms with Crippen molar-refractivity contribution in [2.45, 2.75) is 44.2 Å². The second kappa shape index (κ2) is 6.48. The molecular weight excluding hydrogens is 322 g/mol. The third-order valence-electron chi connectivity index (χ3n) is 5.33. The highest BCUT2D eigenvalue weighted by Crippen LogP contribution is 2.45. The molecule has 1 atom stereocenters. The number of carbonyl (C=O) groups is 3. The average molecular weight is 345 g/mol. The predicted molar refractivity (Wildman–Crippen MR) is 93.5 cm³/mol. The predicted octanol–water partition coefficient (Wildman–Crippen LogP) is 1.69. The van der Waals surface area contributed by atoms with Gasteiger partial charge in [-0.1, -0.05) is 25.0 Å². The smallest absolute Gasteiger partial charge is 0.320 e. The van der Waals surface area contributed by atoms with Crippen LogP contribution in [0.5, 0.6) is 0 Å². The van der Waals surface area contributed by atoms with Crippen LogP contribution in [0.15, 0.2) is 24.3 Å². The summed E-state index contributed by atoms with van der Waals surface area (Å²) in [6.07, 6.45) is 3.02. The van der Waals surface area contributed by atoms with Gasteiger partial charge >= 0.3 is 5.97 Å². The van der Waals surface area contributed by atoms with Crippen molar-refractivity contribution in [2.24, 2.45) is 0 Å². The van der Waals surface area contributed by atoms with Crippen LogP contribution in [0.25, 0.3) is 0 Å². The number of nitrogens with zero attached hydrogens (tertiary/aromatic N) is 2. The van der Waals surface area contributed by atoms with Gasteiger partial charge in [-0.25, -0.2) is 0 Å². The van der Waals surface area contributed by atoms with E-state index in [1.807, 2.05) is 18.2 Å². The summed E-state index contributed by atoms with van der Waals surface area (Å²) >= 11 is 0. The highest BCUT2D eigenvalue weighted by atomic mass is 16.4. The molecule has 0 bridgehead atoms. The maximum absolute atomic E-state index is 13.1. The monoisotopic (exact) mass is 345 g/mol. The fraction of sp³-hybridized carbons (Fsp3) is 0.500. The average Bonchev–Trinajstić information content (AvgIpc) is 3.05. The standard InChI is InChI=1S/C18H23N3O4/c1-12(16(23)24)20(2)11-15(22)21-14-8-4-3-7-13(14)19-17(25)18(21)9-5-6-10-18/h3-4,7-8,12H,5-6,9-11H2,1-2H3,(H,19,25)(H,23,24). The Morgan fingerprint density at radius 2 is 1.96 bits per heavy atom. The van der Waals surface area contributed by atoms with E-state index in [-0.39, 0.29) is 18.4 Å². The Morgan fingerprint density at radius 1 is 1.32 bits per heavy atom. The van der Waals surface area contributed by atoms with E-state index in [4.69, 9.17) is 5.11 Å². The van der Waals surface area contributed by atoms with E-state index in [2.05, 4.69) is 5.32 Å². The number of hydrogen-bond donors (Lipinski definition) is 2. The molecule has 2 aliphatic rings. The minimum Gasteiger partial charge on any atom is -0.480 e. The largest absolute Gasteiger partial charge is 0.480 e. The number of benzene rings is 1. The van der Waals surface area contributed by atoms with Crippen molar-refractivity contribution < 1.29 is 19.5 Å². The number of carboxylic acids is 1. The molecular formula is C18H23N3O4. The zero-order valence-corrected chi connectivity index (χ0v) is 14.5. The van der Waals surface area contributed by atoms with Crippen LogP contribution < -0.4 is 10.2 Å². The van der Waals surface area contributed by atoms with Crippen molar-refractivity contribution in [3.63, 3.8) is 0 Å². The summed E-state index contributed by atoms with van der Waals surface area (Å²) in [6, 6.07) is 6.47. The number of carboxylic acid groups (broad SMARTS) is 1. The third-order valence-corrected chi connectivity index (χ3v) is 5.33. The van der Waals surface area contributed by atoms with E-state index in [1.165, 1.54) is 11.8 Å². The molecule has 134 valence electrons. The van der Waals surface area contributed by atoms with Crippen molar-refractivity contribution in [1.29, 1.82) is 0 Å². The van der Waals surface area contributed by atoms with Gasteiger partial charge in [0, 0.05) is 0 Å². The van der Waals surface area contributed by atoms with Gasteiger partial charge in [0.2, 0.25) is 5.91 Å². The van der Waals surface area contributed by atoms with E-state index < -0.39 is 17.6 Å². The van der Waals surface area contributed by atoms with Crippen LogP contribution in [0.3, 0.4) is 0 Å². The number of anilines is 2. The summed E-state index contributed by atoms with van der Waals surface area (Å²) in [7, 11) is 1.61. The van der Waals surface area contributed by atoms with Crippen molar-refractivity contribution >= 4 is 29.2 Å². The molecule has 2 amide bonds. The second-order valence-electron chi connectivity index (χ2n) is 6.87. The number of carbonyl (C=O) groups excluding carboxylic acids is 2. The molecule has 2 N–H and O–H groups in total. The molecule has 1 unspecified atom stereocenters. The number of nitrogens with one attached hydrogen (secondary N) is 1. The molecule has 1 aromatic rings. The third kappa shape index (κ3) is 2.89. The molecule has 0 aromatic heterocycles. The van der Waals surface area contributed by atoms with Crippen LogP contribution in [-0.4, -0.2) is 53.0 Å². The van der Waals surface area contributed by atoms with Crippen molar-refractivity contribution in [1.82, 2.24) is 4.90 Å². The summed E-state index contributed by atoms with van der Waals surface area (Å²) < 4.78 is 0. The van der Waals surface area contributed by atoms with Gasteiger partial charge in [-0.05, 0) is 38.9 Å². The second-order valence-corrected chi connectivity index (χ2v) is 6.87. The lowest BCUT2D eigenvalue weighted by Gasteiger charge is -2.45. The lowest BCUT2D eigenvalue weighted by atomic mass is 9.89. The summed E-state index contributed by atoms with van der Waals surface area (Å²) in [6.45, 7) is 1.48. The van der Waals surface area contributed by atoms with E-state index in [0.29, 0.717) is 24.2 Å². The van der Waals surface area contributed by atoms with Gasteiger partial charge in [-0.15, -0.1) is 0 Å². The van der Waals surface area contributed by atoms with Gasteiger partial charge in [0.1, 0.15) is 11.6 Å². The number of amides is 2. The number of hydrogen-bond acceptors (Lipinski definition) is 4. The SMILES string of the molecule is CC(C(=O)O)N(C)CC(=O)N1c2ccccc2NC(=O)C12CCCC2. The Labute approximate surface area is 146 Å². The molecule has 1 fully saturated rings. The first-order valence-corrected chi connectivity index (χ1v) is 8.53. The fourth-order valence-corrected chi connectivity index (χ4v) is 3.74. The molecule has 1 aromatic carbocycles. The first kappa shape index (κ1) is 17.4. The van der Waals surface area contributed by atoms with Gasteiger partial charge in [-0.2, -0.15) is 0 Å². The van der Waals surface area contributed by atoms with Crippen LogP contribution in [0, 0.1) is 0 Å². The number of aliphatic carboxylic acids is 1. The normalized spacial score (nSPS) is 19.6. The Kier molecular flexibility index (Phi) is 4.51. The molecule has 1 aliphatic heterocycles. The molecule has 25 heavy (non-hydrogen) atoms. The number of rotatable bonds is 4. The Hall–Kier alpha value is -2.41. The van der Waals surface area contributed by atoms with E-state index in [0.717, 1.165) is 12.8 Å². The van der Waals surface area contributed by atoms with Crippen LogP contribution >= 0.6 is 0 Å². The van der Waals surface area contributed by atoms with Crippen LogP contribution in [0.2, 0.25) is 0 Å². The highest BCUT2D eigenvalue weighted by Gasteiger charge is 2.52. The number of para-hydroxylation sites is 2. The zero-order chi connectivity index (χ0) is 18.2. The van der Waals surface area contributed by atoms with Gasteiger partial charge in [-0.3, -0.25) is 24.2 Å². The quantitative estimate of drug-likeness (QED) is 0.867. The van der Waals surface area contributed by atoms with Crippen molar-refractivity contribution in [3.8, 4) is 0 Å². The first-order chi connectivity index (χ1) is 11.9. The molecule has 0 saturated heterocycles. The molecule has 1 saturated carbocycles. The molecule has 7 nitrogen and oxygen atoms in total. The summed E-state index contributed by atoms with van der Waals surface area (Å²) in [5.41, 5.74) is 0.441. The van der Waals surface area contributed by atoms with Gasteiger partial charge in [0.25, 0.3) is 5.91 Å². The maximum Gasteiger partial charge on any atom is 0.320 e. The first-order valence-electron chi connectivity index (χ1n) is 8.53. The van der Waals surface area contributed by atoms with Crippen molar-refractivity contribution in [3.05, 3.63) is 24.3 Å². The van der Waals surface area contributed by atoms with Crippen LogP contribution in [-0.2, 0) is 14.4 Å². The van der Waals surface area contributed by atoms with Crippen LogP contribution in [0.4, 0.5) is 11.4 Å². The number of fused-ring (bicyclic) bond motifs is 1. The molecule has 1 heterocycles. The van der Waals surface area contributed by atoms with Gasteiger partial charge < -0.3 is 10.4 Å². The molecule has 3 rings (SSSR count). The van der Waals surface area contributed by atoms with Gasteiger partial charge in [0.15, 0.2) is 0 Å². The maximum atomic E-state index is 13.1. The Bertz CT molecular complexity index is 712. The minimum absolute atomic E-state index is 0.0587.